The third-order valence-corrected chi connectivity index (χ3v) is 13.0. The molecule has 2 saturated heterocycles. The number of benzene rings is 2. The number of nitriles is 1. The predicted molar refractivity (Wildman–Crippen MR) is 193 cm³/mol. The van der Waals surface area contributed by atoms with Crippen molar-refractivity contribution in [2.45, 2.75) is 54.9 Å². The number of carboxylic acids is 1. The number of oxazole rings is 1. The number of β-amino-alcohol motifs (C(OH)–C–C–N with tert-alkyl or cyclic N) is 1. The number of hydrogen-bond acceptors (Lipinski definition) is 9. The van der Waals surface area contributed by atoms with Crippen LogP contribution in [0, 0.1) is 23.2 Å². The molecule has 2 unspecified atom stereocenters. The molecule has 2 aromatic heterocycles. The fraction of sp³-hybridized carbons (Fsp3) is 0.385. The number of fused-ring (bicyclic) bond motifs is 1. The van der Waals surface area contributed by atoms with Crippen molar-refractivity contribution in [3.63, 3.8) is 0 Å². The first-order valence-electron chi connectivity index (χ1n) is 17.2. The minimum atomic E-state index is -0.767. The molecule has 1 saturated carbocycles. The van der Waals surface area contributed by atoms with Gasteiger partial charge in [-0.25, -0.2) is 4.98 Å². The average molecular weight is 708 g/mol. The summed E-state index contributed by atoms with van der Waals surface area (Å²) in [4.78, 5) is 26.0. The molecule has 2 aliphatic carbocycles. The maximum absolute atomic E-state index is 11.6. The zero-order valence-corrected chi connectivity index (χ0v) is 29.3. The van der Waals surface area contributed by atoms with Gasteiger partial charge >= 0.3 is 5.97 Å². The summed E-state index contributed by atoms with van der Waals surface area (Å²) in [6.45, 7) is 6.06. The summed E-state index contributed by atoms with van der Waals surface area (Å²) >= 11 is 8.60. The topological polar surface area (TPSA) is 127 Å². The number of thioether (sulfide) groups is 1. The van der Waals surface area contributed by atoms with Crippen LogP contribution in [0.15, 0.2) is 77.4 Å². The van der Waals surface area contributed by atoms with Crippen LogP contribution in [0.3, 0.4) is 0 Å². The van der Waals surface area contributed by atoms with Gasteiger partial charge in [0.1, 0.15) is 16.3 Å². The summed E-state index contributed by atoms with van der Waals surface area (Å²) in [5.41, 5.74) is 6.55. The van der Waals surface area contributed by atoms with Crippen molar-refractivity contribution in [3.05, 3.63) is 112 Å². The first kappa shape index (κ1) is 33.2. The van der Waals surface area contributed by atoms with E-state index in [9.17, 15) is 20.3 Å². The van der Waals surface area contributed by atoms with Gasteiger partial charge in [0.2, 0.25) is 5.89 Å². The molecule has 0 radical (unpaired) electrons. The summed E-state index contributed by atoms with van der Waals surface area (Å²) in [5, 5.41) is 30.1. The van der Waals surface area contributed by atoms with Crippen LogP contribution in [0.2, 0.25) is 5.02 Å². The molecule has 8 rings (SSSR count). The van der Waals surface area contributed by atoms with Gasteiger partial charge < -0.3 is 14.6 Å². The predicted octanol–water partition coefficient (Wildman–Crippen LogP) is 6.74. The number of halogens is 1. The number of aliphatic hydroxyl groups is 1. The maximum atomic E-state index is 11.6. The van der Waals surface area contributed by atoms with E-state index in [1.54, 1.807) is 0 Å². The second kappa shape index (κ2) is 13.0. The van der Waals surface area contributed by atoms with Gasteiger partial charge in [0.05, 0.1) is 28.0 Å². The number of hydrogen-bond donors (Lipinski definition) is 2. The van der Waals surface area contributed by atoms with Crippen molar-refractivity contribution in [3.8, 4) is 6.07 Å². The summed E-state index contributed by atoms with van der Waals surface area (Å²) in [7, 11) is 0. The fourth-order valence-electron chi connectivity index (χ4n) is 7.69. The van der Waals surface area contributed by atoms with E-state index in [1.165, 1.54) is 0 Å². The average Bonchev–Trinajstić information content (AvgIpc) is 3.49. The molecular formula is C39H38ClN5O4S. The van der Waals surface area contributed by atoms with Gasteiger partial charge in [0, 0.05) is 49.9 Å². The molecule has 2 aromatic carbocycles. The number of allylic oxidation sites excluding steroid dienone is 3. The molecule has 256 valence electrons. The van der Waals surface area contributed by atoms with Gasteiger partial charge in [-0.2, -0.15) is 5.26 Å². The molecule has 3 atom stereocenters. The second-order valence-electron chi connectivity index (χ2n) is 14.2. The number of rotatable bonds is 10. The number of carbonyl (C=O) groups is 1. The van der Waals surface area contributed by atoms with Gasteiger partial charge in [-0.15, -0.1) is 11.8 Å². The minimum absolute atomic E-state index is 0.109. The Morgan fingerprint density at radius 3 is 2.60 bits per heavy atom. The van der Waals surface area contributed by atoms with E-state index in [0.29, 0.717) is 66.7 Å². The quantitative estimate of drug-likeness (QED) is 0.183. The van der Waals surface area contributed by atoms with Crippen LogP contribution in [0.25, 0.3) is 16.7 Å². The Bertz CT molecular complexity index is 2060. The van der Waals surface area contributed by atoms with E-state index in [4.69, 9.17) is 26.0 Å². The summed E-state index contributed by atoms with van der Waals surface area (Å²) in [6.07, 6.45) is 10.6. The lowest BCUT2D eigenvalue weighted by Crippen LogP contribution is -2.49. The Morgan fingerprint density at radius 2 is 1.92 bits per heavy atom. The Balaban J connectivity index is 1.16. The standard InChI is InChI=1S/C39H38ClN5O4S/c1-24-30(31-5-2-3-7-32(31)40)6-4-11-39(24,50-38(12-13-38)34-9-8-25(18-42-34)19-45-22-29(46)23-45)37-43-33-16-26(15-28(17-41)35(33)49-37)20-44-14-10-27(21-44)36(47)48/h2-9,11,15-16,18,24,27,29,46H,10,12-14,19-23H2,1H3,(H,47,48)/t24?,27-,39?/m1/s1. The van der Waals surface area contributed by atoms with Gasteiger partial charge in [0.15, 0.2) is 5.58 Å². The molecule has 4 heterocycles. The third kappa shape index (κ3) is 6.05. The van der Waals surface area contributed by atoms with Gasteiger partial charge in [-0.3, -0.25) is 19.6 Å². The van der Waals surface area contributed by atoms with Crippen LogP contribution < -0.4 is 0 Å². The highest BCUT2D eigenvalue weighted by Gasteiger charge is 2.56. The molecule has 0 bridgehead atoms. The van der Waals surface area contributed by atoms with Crippen molar-refractivity contribution < 1.29 is 19.4 Å². The van der Waals surface area contributed by atoms with E-state index < -0.39 is 10.7 Å². The van der Waals surface area contributed by atoms with Crippen LogP contribution in [-0.2, 0) is 27.4 Å². The molecule has 2 N–H and O–H groups in total. The van der Waals surface area contributed by atoms with Crippen molar-refractivity contribution in [1.29, 1.82) is 5.26 Å². The summed E-state index contributed by atoms with van der Waals surface area (Å²) in [5.74, 6) is -0.724. The Morgan fingerprint density at radius 1 is 1.12 bits per heavy atom. The zero-order valence-electron chi connectivity index (χ0n) is 27.8. The first-order valence-corrected chi connectivity index (χ1v) is 18.4. The molecule has 4 aromatic rings. The highest BCUT2D eigenvalue weighted by molar-refractivity contribution is 8.01. The lowest BCUT2D eigenvalue weighted by atomic mass is 9.79. The Hall–Kier alpha value is -3.98. The molecule has 4 aliphatic rings. The van der Waals surface area contributed by atoms with Gasteiger partial charge in [-0.05, 0) is 72.3 Å². The SMILES string of the molecule is CC1C(c2ccccc2Cl)=CC=CC1(SC1(c2ccc(CN3CC(O)C3)cn2)CC1)c1nc2cc(CN3CC[C@@H](C(=O)O)C3)cc(C#N)c2o1. The molecule has 50 heavy (non-hydrogen) atoms. The van der Waals surface area contributed by atoms with Crippen molar-refractivity contribution in [1.82, 2.24) is 19.8 Å². The van der Waals surface area contributed by atoms with Gasteiger partial charge in [-0.1, -0.05) is 61.0 Å². The molecular weight excluding hydrogens is 670 g/mol. The monoisotopic (exact) mass is 707 g/mol. The number of aliphatic carboxylic acids is 1. The molecule has 11 heteroatoms. The molecule has 0 spiro atoms. The van der Waals surface area contributed by atoms with E-state index >= 15 is 0 Å². The Kier molecular flexibility index (Phi) is 8.61. The minimum Gasteiger partial charge on any atom is -0.481 e. The van der Waals surface area contributed by atoms with E-state index in [-0.39, 0.29) is 22.7 Å². The van der Waals surface area contributed by atoms with Crippen LogP contribution in [0.4, 0.5) is 0 Å². The second-order valence-corrected chi connectivity index (χ2v) is 16.2. The van der Waals surface area contributed by atoms with Crippen molar-refractivity contribution in [2.24, 2.45) is 11.8 Å². The van der Waals surface area contributed by atoms with E-state index in [1.807, 2.05) is 54.4 Å². The molecule has 0 amide bonds. The van der Waals surface area contributed by atoms with Gasteiger partial charge in [0.25, 0.3) is 0 Å². The zero-order chi connectivity index (χ0) is 34.6. The number of aliphatic hydroxyl groups excluding tert-OH is 1. The van der Waals surface area contributed by atoms with Crippen molar-refractivity contribution >= 4 is 46.0 Å². The van der Waals surface area contributed by atoms with Crippen molar-refractivity contribution in [2.75, 3.05) is 26.2 Å². The van der Waals surface area contributed by atoms with E-state index in [0.717, 1.165) is 47.3 Å². The smallest absolute Gasteiger partial charge is 0.307 e. The maximum Gasteiger partial charge on any atom is 0.307 e. The summed E-state index contributed by atoms with van der Waals surface area (Å²) < 4.78 is 5.68. The number of likely N-dealkylation sites (tertiary alicyclic amines) is 2. The first-order chi connectivity index (χ1) is 24.2. The molecule has 2 aliphatic heterocycles. The van der Waals surface area contributed by atoms with Crippen LogP contribution in [-0.4, -0.2) is 68.2 Å². The number of pyridine rings is 1. The lowest BCUT2D eigenvalue weighted by Gasteiger charge is -2.39. The van der Waals surface area contributed by atoms with Crippen LogP contribution in [0.5, 0.6) is 0 Å². The largest absolute Gasteiger partial charge is 0.481 e. The van der Waals surface area contributed by atoms with E-state index in [2.05, 4.69) is 53.2 Å². The van der Waals surface area contributed by atoms with Crippen LogP contribution >= 0.6 is 23.4 Å². The Labute approximate surface area is 300 Å². The van der Waals surface area contributed by atoms with Crippen LogP contribution in [0.1, 0.15) is 60.0 Å². The molecule has 3 fully saturated rings. The normalized spacial score (nSPS) is 25.0. The number of nitrogens with zero attached hydrogens (tertiary/aromatic N) is 5. The highest BCUT2D eigenvalue weighted by atomic mass is 35.5. The summed E-state index contributed by atoms with van der Waals surface area (Å²) in [6, 6.07) is 18.3. The number of aromatic nitrogens is 2. The third-order valence-electron chi connectivity index (χ3n) is 10.7. The molecule has 9 nitrogen and oxygen atoms in total. The lowest BCUT2D eigenvalue weighted by molar-refractivity contribution is -0.141. The number of carboxylic acid groups (broad SMARTS) is 1. The fourth-order valence-corrected chi connectivity index (χ4v) is 9.74. The highest BCUT2D eigenvalue weighted by Crippen LogP contribution is 2.66.